The Kier molecular flexibility index (Phi) is 30.8. The van der Waals surface area contributed by atoms with Crippen molar-refractivity contribution >= 4 is 5.97 Å². The van der Waals surface area contributed by atoms with E-state index >= 15 is 0 Å². The third kappa shape index (κ3) is 11500. The molecule has 0 saturated carbocycles. The molecule has 0 aromatic heterocycles. The second-order valence-corrected chi connectivity index (χ2v) is 0.835. The van der Waals surface area contributed by atoms with Gasteiger partial charge in [0.15, 0.2) is 0 Å². The average Bonchev–Trinajstić information content (AvgIpc) is 1.33. The van der Waals surface area contributed by atoms with Crippen LogP contribution in [0.3, 0.4) is 0 Å². The van der Waals surface area contributed by atoms with Crippen LogP contribution < -0.4 is 0 Å². The smallest absolute Gasteiger partial charge is 0.300 e. The van der Waals surface area contributed by atoms with Crippen molar-refractivity contribution in [2.45, 2.75) is 13.8 Å². The van der Waals surface area contributed by atoms with E-state index in [-0.39, 0.29) is 27.7 Å². The summed E-state index contributed by atoms with van der Waals surface area (Å²) in [7, 11) is 0. The Balaban J connectivity index is -0.0000000575. The van der Waals surface area contributed by atoms with Crippen LogP contribution in [0.1, 0.15) is 13.8 Å². The summed E-state index contributed by atoms with van der Waals surface area (Å²) in [5.74, 6) is -0.833. The molecule has 0 rings (SSSR count). The maximum absolute atomic E-state index is 9.00. The standard InChI is InChI=1S/C2H4O2.C2H6O.Pt/c1-2(3)4;1-2-3;/h1H3,(H,3,4);3H,2H2,1H3;. The number of carbonyl (C=O) groups is 1. The van der Waals surface area contributed by atoms with Gasteiger partial charge >= 0.3 is 0 Å². The van der Waals surface area contributed by atoms with Crippen molar-refractivity contribution in [3.05, 3.63) is 0 Å². The minimum Gasteiger partial charge on any atom is -0.481 e. The topological polar surface area (TPSA) is 57.5 Å². The van der Waals surface area contributed by atoms with Crippen molar-refractivity contribution in [2.24, 2.45) is 0 Å². The summed E-state index contributed by atoms with van der Waals surface area (Å²) in [5.41, 5.74) is 0. The van der Waals surface area contributed by atoms with E-state index in [0.717, 1.165) is 6.92 Å². The van der Waals surface area contributed by atoms with Crippen molar-refractivity contribution in [1.82, 2.24) is 0 Å². The summed E-state index contributed by atoms with van der Waals surface area (Å²) in [6.45, 7) is 3.01. The van der Waals surface area contributed by atoms with Crippen LogP contribution in [0.2, 0.25) is 0 Å². The fourth-order valence-corrected chi connectivity index (χ4v) is 0. The van der Waals surface area contributed by atoms with Crippen molar-refractivity contribution in [3.63, 3.8) is 0 Å². The normalized spacial score (nSPS) is 5.38. The first kappa shape index (κ1) is 15.7. The van der Waals surface area contributed by atoms with E-state index in [1.165, 1.54) is 0 Å². The van der Waals surface area contributed by atoms with E-state index in [4.69, 9.17) is 15.0 Å². The summed E-state index contributed by atoms with van der Waals surface area (Å²) >= 11 is 0. The Morgan fingerprint density at radius 3 is 1.62 bits per heavy atom. The van der Waals surface area contributed by atoms with Gasteiger partial charge in [-0.15, -0.1) is 0 Å². The van der Waals surface area contributed by atoms with Gasteiger partial charge in [0.2, 0.25) is 0 Å². The molecule has 0 aliphatic carbocycles. The van der Waals surface area contributed by atoms with Gasteiger partial charge < -0.3 is 10.2 Å². The van der Waals surface area contributed by atoms with Crippen LogP contribution in [-0.4, -0.2) is 22.8 Å². The molecular weight excluding hydrogens is 291 g/mol. The molecule has 0 atom stereocenters. The Hall–Kier alpha value is 0.118. The molecule has 0 spiro atoms. The second-order valence-electron chi connectivity index (χ2n) is 0.835. The third-order valence-electron chi connectivity index (χ3n) is 0. The van der Waals surface area contributed by atoms with Crippen LogP contribution in [0, 0.1) is 0 Å². The molecule has 0 aliphatic rings. The minimum absolute atomic E-state index is 0. The van der Waals surface area contributed by atoms with Gasteiger partial charge in [0.25, 0.3) is 5.97 Å². The predicted octanol–water partition coefficient (Wildman–Crippen LogP) is 0.0870. The van der Waals surface area contributed by atoms with Crippen molar-refractivity contribution < 1.29 is 36.1 Å². The van der Waals surface area contributed by atoms with Gasteiger partial charge in [-0.1, -0.05) is 0 Å². The van der Waals surface area contributed by atoms with Gasteiger partial charge in [0.05, 0.1) is 0 Å². The zero-order valence-corrected chi connectivity index (χ0v) is 7.10. The molecule has 3 nitrogen and oxygen atoms in total. The molecule has 0 saturated heterocycles. The molecule has 2 N–H and O–H groups in total. The molecule has 0 fully saturated rings. The Labute approximate surface area is 63.0 Å². The van der Waals surface area contributed by atoms with Gasteiger partial charge in [0, 0.05) is 34.6 Å². The summed E-state index contributed by atoms with van der Waals surface area (Å²) in [6.07, 6.45) is 0. The van der Waals surface area contributed by atoms with E-state index in [2.05, 4.69) is 0 Å². The molecule has 0 amide bonds. The van der Waals surface area contributed by atoms with Gasteiger partial charge in [-0.05, 0) is 6.92 Å². The summed E-state index contributed by atoms with van der Waals surface area (Å²) in [5, 5.41) is 15.0. The molecule has 54 valence electrons. The number of carboxylic acids is 1. The molecule has 0 aliphatic heterocycles. The molecule has 8 heavy (non-hydrogen) atoms. The van der Waals surface area contributed by atoms with E-state index in [9.17, 15) is 0 Å². The fraction of sp³-hybridized carbons (Fsp3) is 0.750. The fourth-order valence-electron chi connectivity index (χ4n) is 0. The number of hydrogen-bond donors (Lipinski definition) is 2. The van der Waals surface area contributed by atoms with Gasteiger partial charge in [-0.2, -0.15) is 0 Å². The van der Waals surface area contributed by atoms with E-state index in [0.29, 0.717) is 0 Å². The zero-order valence-electron chi connectivity index (χ0n) is 4.83. The van der Waals surface area contributed by atoms with E-state index in [1.54, 1.807) is 6.92 Å². The summed E-state index contributed by atoms with van der Waals surface area (Å²) < 4.78 is 0. The average molecular weight is 301 g/mol. The molecule has 0 radical (unpaired) electrons. The Bertz CT molecular complexity index is 42.5. The molecule has 0 unspecified atom stereocenters. The zero-order chi connectivity index (χ0) is 6.28. The van der Waals surface area contributed by atoms with Gasteiger partial charge in [-0.25, -0.2) is 0 Å². The van der Waals surface area contributed by atoms with Crippen LogP contribution in [0.25, 0.3) is 0 Å². The Morgan fingerprint density at radius 2 is 1.62 bits per heavy atom. The predicted molar refractivity (Wildman–Crippen MR) is 26.1 cm³/mol. The monoisotopic (exact) mass is 301 g/mol. The van der Waals surface area contributed by atoms with Crippen molar-refractivity contribution in [3.8, 4) is 0 Å². The third-order valence-corrected chi connectivity index (χ3v) is 0. The van der Waals surface area contributed by atoms with Crippen LogP contribution in [-0.2, 0) is 25.9 Å². The maximum Gasteiger partial charge on any atom is 0.300 e. The van der Waals surface area contributed by atoms with Crippen LogP contribution in [0.15, 0.2) is 0 Å². The SMILES string of the molecule is CC(=O)O.CCO.[Pt]. The first-order chi connectivity index (χ1) is 3.15. The van der Waals surface area contributed by atoms with Crippen molar-refractivity contribution in [2.75, 3.05) is 6.61 Å². The number of aliphatic hydroxyl groups excluding tert-OH is 1. The number of aliphatic hydroxyl groups is 1. The van der Waals surface area contributed by atoms with Crippen molar-refractivity contribution in [1.29, 1.82) is 0 Å². The molecule has 4 heteroatoms. The molecule has 0 aromatic rings. The first-order valence-corrected chi connectivity index (χ1v) is 1.95. The number of rotatable bonds is 0. The summed E-state index contributed by atoms with van der Waals surface area (Å²) in [4.78, 5) is 9.00. The van der Waals surface area contributed by atoms with Gasteiger partial charge in [0.1, 0.15) is 0 Å². The first-order valence-electron chi connectivity index (χ1n) is 1.95. The number of hydrogen-bond acceptors (Lipinski definition) is 2. The molecule has 0 heterocycles. The largest absolute Gasteiger partial charge is 0.481 e. The molecule has 0 aromatic carbocycles. The minimum atomic E-state index is -0.833. The molecular formula is C4H10O3Pt. The summed E-state index contributed by atoms with van der Waals surface area (Å²) in [6, 6.07) is 0. The Morgan fingerprint density at radius 1 is 1.62 bits per heavy atom. The second kappa shape index (κ2) is 15.7. The molecule has 0 bridgehead atoms. The van der Waals surface area contributed by atoms with Gasteiger partial charge in [-0.3, -0.25) is 4.79 Å². The quantitative estimate of drug-likeness (QED) is 0.666. The maximum atomic E-state index is 9.00. The van der Waals surface area contributed by atoms with Crippen LogP contribution in [0.5, 0.6) is 0 Å². The number of carboxylic acid groups (broad SMARTS) is 1. The van der Waals surface area contributed by atoms with Crippen LogP contribution >= 0.6 is 0 Å². The van der Waals surface area contributed by atoms with E-state index in [1.807, 2.05) is 0 Å². The van der Waals surface area contributed by atoms with Crippen LogP contribution in [0.4, 0.5) is 0 Å². The van der Waals surface area contributed by atoms with E-state index < -0.39 is 5.97 Å². The number of aliphatic carboxylic acids is 1.